The van der Waals surface area contributed by atoms with Gasteiger partial charge in [-0.3, -0.25) is 14.9 Å². The van der Waals surface area contributed by atoms with Crippen molar-refractivity contribution >= 4 is 34.1 Å². The lowest BCUT2D eigenvalue weighted by Gasteiger charge is -2.17. The maximum atomic E-state index is 12.8. The summed E-state index contributed by atoms with van der Waals surface area (Å²) in [7, 11) is 1.58. The molecule has 35 heavy (non-hydrogen) atoms. The summed E-state index contributed by atoms with van der Waals surface area (Å²) in [5.41, 5.74) is 3.74. The van der Waals surface area contributed by atoms with Gasteiger partial charge in [0.1, 0.15) is 0 Å². The number of hydrogen-bond donors (Lipinski definition) is 1. The third-order valence-electron chi connectivity index (χ3n) is 5.97. The number of carbonyl (C=O) groups is 1. The van der Waals surface area contributed by atoms with E-state index in [9.17, 15) is 14.9 Å². The number of amides is 1. The molecule has 1 atom stereocenters. The van der Waals surface area contributed by atoms with Gasteiger partial charge in [-0.2, -0.15) is 0 Å². The second-order valence-corrected chi connectivity index (χ2v) is 8.74. The molecule has 0 saturated heterocycles. The normalized spacial score (nSPS) is 11.9. The Hall–Kier alpha value is -3.68. The van der Waals surface area contributed by atoms with Gasteiger partial charge in [-0.25, -0.2) is 0 Å². The van der Waals surface area contributed by atoms with Crippen LogP contribution in [0.1, 0.15) is 29.0 Å². The van der Waals surface area contributed by atoms with Gasteiger partial charge in [0, 0.05) is 66.8 Å². The molecule has 0 aliphatic heterocycles. The van der Waals surface area contributed by atoms with Gasteiger partial charge in [-0.15, -0.1) is 0 Å². The van der Waals surface area contributed by atoms with Crippen LogP contribution in [0.15, 0.2) is 79.0 Å². The standard InChI is InChI=1S/C27H26ClN3O4/c1-35-14-13-29-27(32)16-23(20-7-9-21(28)10-8-20)25-18-30(17-19-5-3-2-4-6-19)26-12-11-22(31(33)34)15-24(25)26/h2-12,15,18,23H,13-14,16-17H2,1H3,(H,29,32). The molecular weight excluding hydrogens is 466 g/mol. The quantitative estimate of drug-likeness (QED) is 0.179. The highest BCUT2D eigenvalue weighted by Gasteiger charge is 2.24. The molecule has 0 bridgehead atoms. The van der Waals surface area contributed by atoms with Crippen molar-refractivity contribution in [3.8, 4) is 0 Å². The number of aromatic nitrogens is 1. The molecule has 0 fully saturated rings. The molecular formula is C27H26ClN3O4. The van der Waals surface area contributed by atoms with Gasteiger partial charge in [-0.1, -0.05) is 54.1 Å². The number of hydrogen-bond acceptors (Lipinski definition) is 4. The van der Waals surface area contributed by atoms with E-state index in [0.29, 0.717) is 24.7 Å². The summed E-state index contributed by atoms with van der Waals surface area (Å²) in [5.74, 6) is -0.451. The maximum absolute atomic E-state index is 12.8. The summed E-state index contributed by atoms with van der Waals surface area (Å²) in [5, 5.41) is 15.8. The van der Waals surface area contributed by atoms with E-state index in [1.165, 1.54) is 6.07 Å². The molecule has 8 heteroatoms. The van der Waals surface area contributed by atoms with Crippen LogP contribution in [0.5, 0.6) is 0 Å². The number of methoxy groups -OCH3 is 1. The van der Waals surface area contributed by atoms with Crippen molar-refractivity contribution in [2.75, 3.05) is 20.3 Å². The third-order valence-corrected chi connectivity index (χ3v) is 6.22. The number of fused-ring (bicyclic) bond motifs is 1. The third kappa shape index (κ3) is 5.88. The Morgan fingerprint density at radius 1 is 1.11 bits per heavy atom. The first-order valence-corrected chi connectivity index (χ1v) is 11.7. The molecule has 3 aromatic carbocycles. The number of nitrogens with zero attached hydrogens (tertiary/aromatic N) is 2. The number of non-ortho nitro benzene ring substituents is 1. The Morgan fingerprint density at radius 3 is 2.54 bits per heavy atom. The number of nitro groups is 1. The van der Waals surface area contributed by atoms with E-state index in [1.54, 1.807) is 31.4 Å². The average Bonchev–Trinajstić information content (AvgIpc) is 3.21. The number of nitro benzene ring substituents is 1. The smallest absolute Gasteiger partial charge is 0.270 e. The van der Waals surface area contributed by atoms with Crippen molar-refractivity contribution in [3.63, 3.8) is 0 Å². The van der Waals surface area contributed by atoms with Crippen LogP contribution in [0, 0.1) is 10.1 Å². The van der Waals surface area contributed by atoms with Crippen molar-refractivity contribution < 1.29 is 14.5 Å². The predicted octanol–water partition coefficient (Wildman–Crippen LogP) is 5.54. The SMILES string of the molecule is COCCNC(=O)CC(c1ccc(Cl)cc1)c1cn(Cc2ccccc2)c2ccc([N+](=O)[O-])cc12. The van der Waals surface area contributed by atoms with E-state index in [2.05, 4.69) is 9.88 Å². The number of nitrogens with one attached hydrogen (secondary N) is 1. The summed E-state index contributed by atoms with van der Waals surface area (Å²) in [6.45, 7) is 1.42. The minimum Gasteiger partial charge on any atom is -0.383 e. The number of benzene rings is 3. The highest BCUT2D eigenvalue weighted by atomic mass is 35.5. The second kappa shape index (κ2) is 11.2. The van der Waals surface area contributed by atoms with E-state index in [4.69, 9.17) is 16.3 Å². The van der Waals surface area contributed by atoms with Gasteiger partial charge in [0.2, 0.25) is 5.91 Å². The molecule has 180 valence electrons. The number of halogens is 1. The van der Waals surface area contributed by atoms with Crippen LogP contribution < -0.4 is 5.32 Å². The molecule has 1 amide bonds. The summed E-state index contributed by atoms with van der Waals surface area (Å²) >= 11 is 6.13. The molecule has 1 aromatic heterocycles. The monoisotopic (exact) mass is 491 g/mol. The van der Waals surface area contributed by atoms with Crippen molar-refractivity contribution in [2.45, 2.75) is 18.9 Å². The Morgan fingerprint density at radius 2 is 1.86 bits per heavy atom. The van der Waals surface area contributed by atoms with Gasteiger partial charge in [0.15, 0.2) is 0 Å². The fourth-order valence-corrected chi connectivity index (χ4v) is 4.39. The summed E-state index contributed by atoms with van der Waals surface area (Å²) in [4.78, 5) is 24.0. The Kier molecular flexibility index (Phi) is 7.80. The van der Waals surface area contributed by atoms with E-state index in [1.807, 2.05) is 48.7 Å². The largest absolute Gasteiger partial charge is 0.383 e. The zero-order valence-electron chi connectivity index (χ0n) is 19.3. The molecule has 7 nitrogen and oxygen atoms in total. The van der Waals surface area contributed by atoms with Crippen molar-refractivity contribution in [2.24, 2.45) is 0 Å². The van der Waals surface area contributed by atoms with E-state index in [0.717, 1.165) is 27.6 Å². The van der Waals surface area contributed by atoms with Crippen molar-refractivity contribution in [3.05, 3.63) is 111 Å². The first-order valence-electron chi connectivity index (χ1n) is 11.3. The molecule has 4 rings (SSSR count). The van der Waals surface area contributed by atoms with Crippen LogP contribution in [0.4, 0.5) is 5.69 Å². The van der Waals surface area contributed by atoms with Gasteiger partial charge in [0.25, 0.3) is 5.69 Å². The van der Waals surface area contributed by atoms with Crippen molar-refractivity contribution in [1.29, 1.82) is 0 Å². The molecule has 1 heterocycles. The summed E-state index contributed by atoms with van der Waals surface area (Å²) in [6, 6.07) is 22.3. The fourth-order valence-electron chi connectivity index (χ4n) is 4.27. The Bertz CT molecular complexity index is 1320. The van der Waals surface area contributed by atoms with Crippen LogP contribution in [0.25, 0.3) is 10.9 Å². The fraction of sp³-hybridized carbons (Fsp3) is 0.222. The lowest BCUT2D eigenvalue weighted by molar-refractivity contribution is -0.384. The van der Waals surface area contributed by atoms with E-state index in [-0.39, 0.29) is 23.9 Å². The Labute approximate surface area is 208 Å². The van der Waals surface area contributed by atoms with Crippen LogP contribution in [-0.2, 0) is 16.1 Å². The minimum absolute atomic E-state index is 0.00983. The van der Waals surface area contributed by atoms with Gasteiger partial charge in [0.05, 0.1) is 11.5 Å². The van der Waals surface area contributed by atoms with E-state index < -0.39 is 4.92 Å². The second-order valence-electron chi connectivity index (χ2n) is 8.31. The first kappa shape index (κ1) is 24.4. The zero-order valence-corrected chi connectivity index (χ0v) is 20.1. The van der Waals surface area contributed by atoms with E-state index >= 15 is 0 Å². The Balaban J connectivity index is 1.82. The lowest BCUT2D eigenvalue weighted by Crippen LogP contribution is -2.28. The molecule has 1 N–H and O–H groups in total. The molecule has 0 spiro atoms. The molecule has 1 unspecified atom stereocenters. The predicted molar refractivity (Wildman–Crippen MR) is 137 cm³/mol. The van der Waals surface area contributed by atoms with Crippen LogP contribution >= 0.6 is 11.6 Å². The molecule has 4 aromatic rings. The number of carbonyl (C=O) groups excluding carboxylic acids is 1. The van der Waals surface area contributed by atoms with Gasteiger partial charge < -0.3 is 14.6 Å². The van der Waals surface area contributed by atoms with Crippen LogP contribution in [-0.4, -0.2) is 35.7 Å². The minimum atomic E-state index is -0.396. The number of ether oxygens (including phenoxy) is 1. The number of rotatable bonds is 10. The lowest BCUT2D eigenvalue weighted by atomic mass is 9.88. The highest BCUT2D eigenvalue weighted by Crippen LogP contribution is 2.37. The van der Waals surface area contributed by atoms with Gasteiger partial charge in [-0.05, 0) is 34.9 Å². The zero-order chi connectivity index (χ0) is 24.8. The topological polar surface area (TPSA) is 86.4 Å². The summed E-state index contributed by atoms with van der Waals surface area (Å²) in [6.07, 6.45) is 2.18. The summed E-state index contributed by atoms with van der Waals surface area (Å²) < 4.78 is 7.12. The molecule has 0 radical (unpaired) electrons. The van der Waals surface area contributed by atoms with Crippen LogP contribution in [0.2, 0.25) is 5.02 Å². The average molecular weight is 492 g/mol. The van der Waals surface area contributed by atoms with Crippen molar-refractivity contribution in [1.82, 2.24) is 9.88 Å². The maximum Gasteiger partial charge on any atom is 0.270 e. The molecule has 0 aliphatic carbocycles. The van der Waals surface area contributed by atoms with Crippen LogP contribution in [0.3, 0.4) is 0 Å². The first-order chi connectivity index (χ1) is 17.0. The molecule has 0 saturated carbocycles. The molecule has 0 aliphatic rings. The van der Waals surface area contributed by atoms with Gasteiger partial charge >= 0.3 is 0 Å². The highest BCUT2D eigenvalue weighted by molar-refractivity contribution is 6.30.